The smallest absolute Gasteiger partial charge is 0.343 e. The molecule has 0 spiro atoms. The van der Waals surface area contributed by atoms with E-state index in [0.29, 0.717) is 0 Å². The molecule has 0 saturated heterocycles. The highest BCUT2D eigenvalue weighted by Gasteiger charge is 2.12. The van der Waals surface area contributed by atoms with Gasteiger partial charge in [0, 0.05) is 17.7 Å². The van der Waals surface area contributed by atoms with Gasteiger partial charge in [-0.25, -0.2) is 10.2 Å². The summed E-state index contributed by atoms with van der Waals surface area (Å²) in [5, 5.41) is 23.5. The van der Waals surface area contributed by atoms with Gasteiger partial charge in [0.25, 0.3) is 11.6 Å². The van der Waals surface area contributed by atoms with Gasteiger partial charge >= 0.3 is 5.97 Å². The highest BCUT2D eigenvalue weighted by molar-refractivity contribution is 6.10. The topological polar surface area (TPSA) is 131 Å². The molecule has 0 aliphatic rings. The molecule has 0 radical (unpaired) electrons. The lowest BCUT2D eigenvalue weighted by Gasteiger charge is -2.03. The van der Waals surface area contributed by atoms with Crippen LogP contribution in [0.3, 0.4) is 0 Å². The van der Waals surface area contributed by atoms with Gasteiger partial charge in [0.2, 0.25) is 0 Å². The Morgan fingerprint density at radius 2 is 2.00 bits per heavy atom. The number of nitrogens with zero attached hydrogens (tertiary/aromatic N) is 2. The number of carbonyl (C=O) groups excluding carboxylic acids is 2. The Balaban J connectivity index is 2.76. The molecule has 9 nitrogen and oxygen atoms in total. The Hall–Kier alpha value is -3.23. The number of hydrogen-bond donors (Lipinski definition) is 2. The standard InChI is InChI=1S/C14H15N3O6/c1-3-23-14(20)12(9(2)18)8-15-16-13(19)10-4-6-11(7-5-10)17(21)22/h4-8,18H,3H2,1-2H3,(H,16,19)/b12-9-,15-8+. The van der Waals surface area contributed by atoms with Crippen molar-refractivity contribution in [1.82, 2.24) is 5.43 Å². The zero-order chi connectivity index (χ0) is 17.4. The van der Waals surface area contributed by atoms with Crippen molar-refractivity contribution in [2.24, 2.45) is 5.10 Å². The molecular weight excluding hydrogens is 306 g/mol. The lowest BCUT2D eigenvalue weighted by molar-refractivity contribution is -0.384. The summed E-state index contributed by atoms with van der Waals surface area (Å²) in [5.74, 6) is -1.72. The minimum Gasteiger partial charge on any atom is -0.512 e. The number of benzene rings is 1. The molecule has 0 aromatic heterocycles. The van der Waals surface area contributed by atoms with Crippen molar-refractivity contribution in [2.75, 3.05) is 6.61 Å². The van der Waals surface area contributed by atoms with Crippen LogP contribution in [0.15, 0.2) is 40.7 Å². The molecule has 0 bridgehead atoms. The van der Waals surface area contributed by atoms with Crippen LogP contribution in [0, 0.1) is 10.1 Å². The van der Waals surface area contributed by atoms with E-state index in [0.717, 1.165) is 6.21 Å². The Bertz CT molecular complexity index is 660. The van der Waals surface area contributed by atoms with Crippen molar-refractivity contribution in [3.63, 3.8) is 0 Å². The maximum absolute atomic E-state index is 11.8. The van der Waals surface area contributed by atoms with Crippen LogP contribution < -0.4 is 5.43 Å². The number of esters is 1. The summed E-state index contributed by atoms with van der Waals surface area (Å²) in [7, 11) is 0. The number of carbonyl (C=O) groups is 2. The molecule has 0 fully saturated rings. The molecule has 1 aromatic carbocycles. The van der Waals surface area contributed by atoms with E-state index < -0.39 is 16.8 Å². The number of ether oxygens (including phenoxy) is 1. The molecule has 0 unspecified atom stereocenters. The van der Waals surface area contributed by atoms with E-state index in [1.807, 2.05) is 0 Å². The highest BCUT2D eigenvalue weighted by atomic mass is 16.6. The van der Waals surface area contributed by atoms with Crippen LogP contribution >= 0.6 is 0 Å². The van der Waals surface area contributed by atoms with Gasteiger partial charge in [0.15, 0.2) is 0 Å². The fourth-order valence-corrected chi connectivity index (χ4v) is 1.46. The van der Waals surface area contributed by atoms with Gasteiger partial charge in [-0.1, -0.05) is 0 Å². The van der Waals surface area contributed by atoms with Crippen LogP contribution in [0.4, 0.5) is 5.69 Å². The Labute approximate surface area is 131 Å². The number of hydrazone groups is 1. The number of amides is 1. The summed E-state index contributed by atoms with van der Waals surface area (Å²) < 4.78 is 4.72. The highest BCUT2D eigenvalue weighted by Crippen LogP contribution is 2.11. The maximum atomic E-state index is 11.8. The number of hydrogen-bond acceptors (Lipinski definition) is 7. The molecule has 0 aliphatic carbocycles. The lowest BCUT2D eigenvalue weighted by atomic mass is 10.2. The van der Waals surface area contributed by atoms with E-state index in [2.05, 4.69) is 10.5 Å². The Kier molecular flexibility index (Phi) is 6.41. The average molecular weight is 321 g/mol. The Morgan fingerprint density at radius 1 is 1.39 bits per heavy atom. The zero-order valence-corrected chi connectivity index (χ0v) is 12.5. The molecule has 0 aliphatic heterocycles. The van der Waals surface area contributed by atoms with Gasteiger partial charge in [-0.3, -0.25) is 14.9 Å². The van der Waals surface area contributed by atoms with Gasteiger partial charge in [-0.2, -0.15) is 5.10 Å². The number of nitro groups is 1. The predicted octanol–water partition coefficient (Wildman–Crippen LogP) is 1.71. The van der Waals surface area contributed by atoms with Crippen LogP contribution in [0.2, 0.25) is 0 Å². The summed E-state index contributed by atoms with van der Waals surface area (Å²) in [4.78, 5) is 33.2. The third-order valence-electron chi connectivity index (χ3n) is 2.59. The van der Waals surface area contributed by atoms with Gasteiger partial charge in [-0.15, -0.1) is 0 Å². The molecule has 0 heterocycles. The molecule has 2 N–H and O–H groups in total. The van der Waals surface area contributed by atoms with Gasteiger partial charge in [0.05, 0.1) is 17.7 Å². The van der Waals surface area contributed by atoms with E-state index in [9.17, 15) is 24.8 Å². The first-order valence-electron chi connectivity index (χ1n) is 6.51. The minimum atomic E-state index is -0.777. The van der Waals surface area contributed by atoms with Gasteiger partial charge in [-0.05, 0) is 26.0 Å². The van der Waals surface area contributed by atoms with Crippen molar-refractivity contribution in [2.45, 2.75) is 13.8 Å². The minimum absolute atomic E-state index is 0.124. The second-order valence-corrected chi connectivity index (χ2v) is 4.22. The van der Waals surface area contributed by atoms with Gasteiger partial charge in [0.1, 0.15) is 11.3 Å². The van der Waals surface area contributed by atoms with E-state index >= 15 is 0 Å². The quantitative estimate of drug-likeness (QED) is 0.205. The second kappa shape index (κ2) is 8.27. The summed E-state index contributed by atoms with van der Waals surface area (Å²) in [6, 6.07) is 4.89. The summed E-state index contributed by atoms with van der Waals surface area (Å²) >= 11 is 0. The Morgan fingerprint density at radius 3 is 2.48 bits per heavy atom. The second-order valence-electron chi connectivity index (χ2n) is 4.22. The molecule has 0 atom stereocenters. The third-order valence-corrected chi connectivity index (χ3v) is 2.59. The number of rotatable bonds is 6. The first-order chi connectivity index (χ1) is 10.9. The van der Waals surface area contributed by atoms with Crippen LogP contribution in [0.25, 0.3) is 0 Å². The molecule has 1 aromatic rings. The van der Waals surface area contributed by atoms with Crippen molar-refractivity contribution in [3.8, 4) is 0 Å². The fourth-order valence-electron chi connectivity index (χ4n) is 1.46. The zero-order valence-electron chi connectivity index (χ0n) is 12.5. The molecule has 1 rings (SSSR count). The summed E-state index contributed by atoms with van der Waals surface area (Å²) in [5.41, 5.74) is 1.94. The largest absolute Gasteiger partial charge is 0.512 e. The van der Waals surface area contributed by atoms with Crippen molar-refractivity contribution in [3.05, 3.63) is 51.3 Å². The number of aliphatic hydroxyl groups excluding tert-OH is 1. The molecule has 122 valence electrons. The number of nitrogens with one attached hydrogen (secondary N) is 1. The normalized spacial score (nSPS) is 11.7. The van der Waals surface area contributed by atoms with Crippen LogP contribution in [0.5, 0.6) is 0 Å². The molecule has 0 saturated carbocycles. The summed E-state index contributed by atoms with van der Waals surface area (Å²) in [6.45, 7) is 3.00. The number of non-ortho nitro benzene ring substituents is 1. The SMILES string of the molecule is CCOC(=O)C(/C=N/NC(=O)c1ccc([N+](=O)[O-])cc1)=C(/C)O. The summed E-state index contributed by atoms with van der Waals surface area (Å²) in [6.07, 6.45) is 0.955. The van der Waals surface area contributed by atoms with Crippen LogP contribution in [-0.2, 0) is 9.53 Å². The third kappa shape index (κ3) is 5.23. The number of nitro benzene ring substituents is 1. The first kappa shape index (κ1) is 17.8. The van der Waals surface area contributed by atoms with E-state index in [-0.39, 0.29) is 29.2 Å². The average Bonchev–Trinajstić information content (AvgIpc) is 2.51. The number of aliphatic hydroxyl groups is 1. The number of allylic oxidation sites excluding steroid dienone is 1. The van der Waals surface area contributed by atoms with Gasteiger partial charge < -0.3 is 9.84 Å². The van der Waals surface area contributed by atoms with Crippen molar-refractivity contribution < 1.29 is 24.4 Å². The van der Waals surface area contributed by atoms with E-state index in [4.69, 9.17) is 4.74 Å². The first-order valence-corrected chi connectivity index (χ1v) is 6.51. The maximum Gasteiger partial charge on any atom is 0.343 e. The molecule has 1 amide bonds. The predicted molar refractivity (Wildman–Crippen MR) is 81.0 cm³/mol. The van der Waals surface area contributed by atoms with Crippen molar-refractivity contribution >= 4 is 23.8 Å². The molecule has 23 heavy (non-hydrogen) atoms. The monoisotopic (exact) mass is 321 g/mol. The van der Waals surface area contributed by atoms with E-state index in [1.165, 1.54) is 31.2 Å². The van der Waals surface area contributed by atoms with Crippen LogP contribution in [-0.4, -0.2) is 34.7 Å². The van der Waals surface area contributed by atoms with Crippen LogP contribution in [0.1, 0.15) is 24.2 Å². The van der Waals surface area contributed by atoms with E-state index in [1.54, 1.807) is 6.92 Å². The molecule has 9 heteroatoms. The van der Waals surface area contributed by atoms with Crippen molar-refractivity contribution in [1.29, 1.82) is 0 Å². The molecular formula is C14H15N3O6. The lowest BCUT2D eigenvalue weighted by Crippen LogP contribution is -2.19. The fraction of sp³-hybridized carbons (Fsp3) is 0.214.